The number of nitrogens with zero attached hydrogens (tertiary/aromatic N) is 1. The summed E-state index contributed by atoms with van der Waals surface area (Å²) in [5.41, 5.74) is 3.93. The first kappa shape index (κ1) is 21.0. The number of aryl methyl sites for hydroxylation is 1. The van der Waals surface area contributed by atoms with Crippen LogP contribution in [0.15, 0.2) is 59.6 Å². The van der Waals surface area contributed by atoms with E-state index in [1.165, 1.54) is 6.07 Å². The Morgan fingerprint density at radius 2 is 2.03 bits per heavy atom. The van der Waals surface area contributed by atoms with Crippen LogP contribution in [0.3, 0.4) is 0 Å². The van der Waals surface area contributed by atoms with E-state index in [0.29, 0.717) is 27.9 Å². The van der Waals surface area contributed by atoms with Gasteiger partial charge in [0.1, 0.15) is 5.82 Å². The molecule has 1 heterocycles. The van der Waals surface area contributed by atoms with E-state index in [-0.39, 0.29) is 24.9 Å². The number of hydrogen-bond acceptors (Lipinski definition) is 4. The lowest BCUT2D eigenvalue weighted by Crippen LogP contribution is -2.23. The van der Waals surface area contributed by atoms with Crippen molar-refractivity contribution in [1.82, 2.24) is 10.3 Å². The molecule has 1 amide bonds. The molecule has 150 valence electrons. The molecule has 0 radical (unpaired) electrons. The van der Waals surface area contributed by atoms with Gasteiger partial charge in [-0.25, -0.2) is 4.39 Å². The largest absolute Gasteiger partial charge is 0.392 e. The predicted molar refractivity (Wildman–Crippen MR) is 114 cm³/mol. The van der Waals surface area contributed by atoms with Crippen LogP contribution in [0.5, 0.6) is 0 Å². The molecule has 4 nitrogen and oxygen atoms in total. The van der Waals surface area contributed by atoms with Crippen molar-refractivity contribution in [3.63, 3.8) is 0 Å². The SMILES string of the molecule is CCSc1ccc(-c2ncccc2CO)cc1C(=O)NCc1ccc(C)c(F)c1. The first-order chi connectivity index (χ1) is 14.0. The van der Waals surface area contributed by atoms with Gasteiger partial charge in [0.15, 0.2) is 0 Å². The third-order valence-corrected chi connectivity index (χ3v) is 5.50. The Kier molecular flexibility index (Phi) is 7.01. The summed E-state index contributed by atoms with van der Waals surface area (Å²) < 4.78 is 13.8. The van der Waals surface area contributed by atoms with Gasteiger partial charge < -0.3 is 10.4 Å². The first-order valence-electron chi connectivity index (χ1n) is 9.38. The molecule has 1 aromatic heterocycles. The topological polar surface area (TPSA) is 62.2 Å². The normalized spacial score (nSPS) is 10.8. The van der Waals surface area contributed by atoms with E-state index in [4.69, 9.17) is 0 Å². The molecule has 0 aliphatic rings. The fourth-order valence-electron chi connectivity index (χ4n) is 2.99. The number of benzene rings is 2. The molecule has 2 aromatic carbocycles. The molecule has 3 aromatic rings. The maximum atomic E-state index is 13.8. The van der Waals surface area contributed by atoms with Gasteiger partial charge in [-0.1, -0.05) is 31.2 Å². The fraction of sp³-hybridized carbons (Fsp3) is 0.217. The van der Waals surface area contributed by atoms with Crippen molar-refractivity contribution in [2.24, 2.45) is 0 Å². The number of rotatable bonds is 7. The summed E-state index contributed by atoms with van der Waals surface area (Å²) in [4.78, 5) is 18.1. The summed E-state index contributed by atoms with van der Waals surface area (Å²) in [6.07, 6.45) is 1.66. The Balaban J connectivity index is 1.89. The van der Waals surface area contributed by atoms with E-state index in [2.05, 4.69) is 10.3 Å². The second kappa shape index (κ2) is 9.67. The van der Waals surface area contributed by atoms with Gasteiger partial charge in [-0.3, -0.25) is 9.78 Å². The van der Waals surface area contributed by atoms with E-state index in [1.54, 1.807) is 49.1 Å². The zero-order valence-corrected chi connectivity index (χ0v) is 17.2. The number of carbonyl (C=O) groups is 1. The first-order valence-corrected chi connectivity index (χ1v) is 10.4. The number of aromatic nitrogens is 1. The van der Waals surface area contributed by atoms with Gasteiger partial charge in [0.25, 0.3) is 5.91 Å². The van der Waals surface area contributed by atoms with Crippen LogP contribution < -0.4 is 5.32 Å². The summed E-state index contributed by atoms with van der Waals surface area (Å²) in [7, 11) is 0. The number of pyridine rings is 1. The van der Waals surface area contributed by atoms with Crippen LogP contribution in [0.25, 0.3) is 11.3 Å². The Morgan fingerprint density at radius 1 is 1.21 bits per heavy atom. The number of nitrogens with one attached hydrogen (secondary N) is 1. The highest BCUT2D eigenvalue weighted by molar-refractivity contribution is 7.99. The Hall–Kier alpha value is -2.70. The summed E-state index contributed by atoms with van der Waals surface area (Å²) in [6.45, 7) is 3.84. The predicted octanol–water partition coefficient (Wildman–Crippen LogP) is 4.73. The van der Waals surface area contributed by atoms with Crippen LogP contribution in [-0.2, 0) is 13.2 Å². The smallest absolute Gasteiger partial charge is 0.252 e. The van der Waals surface area contributed by atoms with E-state index in [9.17, 15) is 14.3 Å². The summed E-state index contributed by atoms with van der Waals surface area (Å²) in [5, 5.41) is 12.5. The van der Waals surface area contributed by atoms with E-state index in [1.807, 2.05) is 25.1 Å². The van der Waals surface area contributed by atoms with E-state index in [0.717, 1.165) is 16.2 Å². The Morgan fingerprint density at radius 3 is 2.76 bits per heavy atom. The summed E-state index contributed by atoms with van der Waals surface area (Å²) >= 11 is 1.58. The van der Waals surface area contributed by atoms with Gasteiger partial charge in [-0.05, 0) is 48.1 Å². The van der Waals surface area contributed by atoms with Crippen molar-refractivity contribution in [3.8, 4) is 11.3 Å². The van der Waals surface area contributed by atoms with Crippen molar-refractivity contribution < 1.29 is 14.3 Å². The minimum atomic E-state index is -0.285. The number of thioether (sulfide) groups is 1. The minimum Gasteiger partial charge on any atom is -0.392 e. The third-order valence-electron chi connectivity index (χ3n) is 4.55. The van der Waals surface area contributed by atoms with Crippen molar-refractivity contribution in [1.29, 1.82) is 0 Å². The standard InChI is InChI=1S/C23H23FN2O2S/c1-3-29-21-9-8-17(22-18(14-27)5-4-10-25-22)12-19(21)23(28)26-13-16-7-6-15(2)20(24)11-16/h4-12,27H,3,13-14H2,1-2H3,(H,26,28). The van der Waals surface area contributed by atoms with Crippen molar-refractivity contribution in [2.45, 2.75) is 31.9 Å². The average molecular weight is 411 g/mol. The average Bonchev–Trinajstić information content (AvgIpc) is 2.74. The monoisotopic (exact) mass is 410 g/mol. The van der Waals surface area contributed by atoms with Crippen LogP contribution in [0.2, 0.25) is 0 Å². The molecular weight excluding hydrogens is 387 g/mol. The number of aliphatic hydroxyl groups is 1. The number of hydrogen-bond donors (Lipinski definition) is 2. The molecule has 0 atom stereocenters. The lowest BCUT2D eigenvalue weighted by Gasteiger charge is -2.13. The zero-order chi connectivity index (χ0) is 20.8. The Bertz CT molecular complexity index is 1020. The molecule has 0 aliphatic carbocycles. The highest BCUT2D eigenvalue weighted by Gasteiger charge is 2.15. The third kappa shape index (κ3) is 5.02. The van der Waals surface area contributed by atoms with Gasteiger partial charge in [0, 0.05) is 28.8 Å². The molecule has 0 fully saturated rings. The van der Waals surface area contributed by atoms with Gasteiger partial charge in [0.05, 0.1) is 17.9 Å². The number of aliphatic hydroxyl groups excluding tert-OH is 1. The molecule has 0 saturated carbocycles. The van der Waals surface area contributed by atoms with Gasteiger partial charge in [-0.2, -0.15) is 0 Å². The maximum Gasteiger partial charge on any atom is 0.252 e. The van der Waals surface area contributed by atoms with E-state index < -0.39 is 0 Å². The highest BCUT2D eigenvalue weighted by atomic mass is 32.2. The second-order valence-electron chi connectivity index (χ2n) is 6.58. The van der Waals surface area contributed by atoms with Gasteiger partial charge in [0.2, 0.25) is 0 Å². The molecular formula is C23H23FN2O2S. The molecule has 3 rings (SSSR count). The fourth-order valence-corrected chi connectivity index (χ4v) is 3.77. The zero-order valence-electron chi connectivity index (χ0n) is 16.4. The lowest BCUT2D eigenvalue weighted by molar-refractivity contribution is 0.0948. The maximum absolute atomic E-state index is 13.8. The number of amides is 1. The molecule has 0 spiro atoms. The van der Waals surface area contributed by atoms with E-state index >= 15 is 0 Å². The number of carbonyl (C=O) groups excluding carboxylic acids is 1. The lowest BCUT2D eigenvalue weighted by atomic mass is 10.0. The second-order valence-corrected chi connectivity index (χ2v) is 7.89. The van der Waals surface area contributed by atoms with Gasteiger partial charge in [-0.15, -0.1) is 11.8 Å². The quantitative estimate of drug-likeness (QED) is 0.553. The molecule has 6 heteroatoms. The van der Waals surface area contributed by atoms with Crippen LogP contribution in [0, 0.1) is 12.7 Å². The molecule has 0 aliphatic heterocycles. The Labute approximate surface area is 174 Å². The molecule has 29 heavy (non-hydrogen) atoms. The van der Waals surface area contributed by atoms with Crippen LogP contribution in [-0.4, -0.2) is 21.8 Å². The number of halogens is 1. The molecule has 0 unspecified atom stereocenters. The van der Waals surface area contributed by atoms with Crippen LogP contribution in [0.4, 0.5) is 4.39 Å². The van der Waals surface area contributed by atoms with Crippen molar-refractivity contribution in [3.05, 3.63) is 82.8 Å². The molecule has 0 saturated heterocycles. The minimum absolute atomic E-state index is 0.130. The van der Waals surface area contributed by atoms with Crippen LogP contribution >= 0.6 is 11.8 Å². The molecule has 0 bridgehead atoms. The van der Waals surface area contributed by atoms with Crippen LogP contribution in [0.1, 0.15) is 34.0 Å². The van der Waals surface area contributed by atoms with Crippen molar-refractivity contribution >= 4 is 17.7 Å². The summed E-state index contributed by atoms with van der Waals surface area (Å²) in [5.74, 6) is 0.312. The van der Waals surface area contributed by atoms with Crippen molar-refractivity contribution in [2.75, 3.05) is 5.75 Å². The van der Waals surface area contributed by atoms with Gasteiger partial charge >= 0.3 is 0 Å². The highest BCUT2D eigenvalue weighted by Crippen LogP contribution is 2.29. The molecule has 2 N–H and O–H groups in total. The summed E-state index contributed by atoms with van der Waals surface area (Å²) in [6, 6.07) is 14.1.